The molecule has 2 rings (SSSR count). The molecule has 11 heavy (non-hydrogen) atoms. The van der Waals surface area contributed by atoms with Crippen LogP contribution < -0.4 is 5.32 Å². The highest BCUT2D eigenvalue weighted by Gasteiger charge is 2.33. The predicted octanol–water partition coefficient (Wildman–Crippen LogP) is 0.548. The summed E-state index contributed by atoms with van der Waals surface area (Å²) in [4.78, 5) is 2.61. The van der Waals surface area contributed by atoms with Gasteiger partial charge in [-0.25, -0.2) is 0 Å². The number of fused-ring (bicyclic) bond motifs is 2. The third kappa shape index (κ3) is 1.42. The number of nitrogens with one attached hydrogen (secondary N) is 1. The lowest BCUT2D eigenvalue weighted by Crippen LogP contribution is -2.36. The van der Waals surface area contributed by atoms with Crippen molar-refractivity contribution in [2.24, 2.45) is 11.8 Å². The van der Waals surface area contributed by atoms with Crippen molar-refractivity contribution in [2.45, 2.75) is 12.8 Å². The molecule has 2 heteroatoms. The molecule has 3 atom stereocenters. The van der Waals surface area contributed by atoms with Crippen molar-refractivity contribution < 1.29 is 0 Å². The van der Waals surface area contributed by atoms with Gasteiger partial charge in [-0.2, -0.15) is 0 Å². The topological polar surface area (TPSA) is 15.3 Å². The van der Waals surface area contributed by atoms with Crippen LogP contribution >= 0.6 is 0 Å². The summed E-state index contributed by atoms with van der Waals surface area (Å²) in [5.74, 6) is 1.98. The van der Waals surface area contributed by atoms with Crippen LogP contribution in [0.25, 0.3) is 0 Å². The summed E-state index contributed by atoms with van der Waals surface area (Å²) in [7, 11) is 2.07. The summed E-state index contributed by atoms with van der Waals surface area (Å²) in [5.41, 5.74) is 0. The maximum Gasteiger partial charge on any atom is 0.00133 e. The van der Waals surface area contributed by atoms with Gasteiger partial charge in [0.2, 0.25) is 0 Å². The van der Waals surface area contributed by atoms with Crippen LogP contribution in [-0.4, -0.2) is 38.1 Å². The van der Waals surface area contributed by atoms with Crippen molar-refractivity contribution in [3.8, 4) is 0 Å². The van der Waals surface area contributed by atoms with Gasteiger partial charge in [-0.05, 0) is 51.4 Å². The first-order valence-electron chi connectivity index (χ1n) is 4.77. The summed E-state index contributed by atoms with van der Waals surface area (Å²) < 4.78 is 0. The highest BCUT2D eigenvalue weighted by Crippen LogP contribution is 2.31. The lowest BCUT2D eigenvalue weighted by Gasteiger charge is -2.30. The van der Waals surface area contributed by atoms with Gasteiger partial charge in [-0.1, -0.05) is 0 Å². The molecule has 0 aromatic carbocycles. The van der Waals surface area contributed by atoms with E-state index in [1.165, 1.54) is 39.0 Å². The summed E-state index contributed by atoms with van der Waals surface area (Å²) >= 11 is 0. The van der Waals surface area contributed by atoms with Crippen LogP contribution in [0.4, 0.5) is 0 Å². The van der Waals surface area contributed by atoms with E-state index in [9.17, 15) is 0 Å². The summed E-state index contributed by atoms with van der Waals surface area (Å²) in [6.45, 7) is 5.33. The molecular weight excluding hydrogens is 136 g/mol. The van der Waals surface area contributed by atoms with E-state index in [0.717, 1.165) is 11.8 Å². The predicted molar refractivity (Wildman–Crippen MR) is 46.6 cm³/mol. The van der Waals surface area contributed by atoms with Crippen LogP contribution in [0, 0.1) is 11.8 Å². The van der Waals surface area contributed by atoms with Gasteiger partial charge >= 0.3 is 0 Å². The van der Waals surface area contributed by atoms with E-state index < -0.39 is 0 Å². The van der Waals surface area contributed by atoms with E-state index in [1.807, 2.05) is 0 Å². The van der Waals surface area contributed by atoms with Gasteiger partial charge in [0.25, 0.3) is 0 Å². The van der Waals surface area contributed by atoms with Gasteiger partial charge in [-0.3, -0.25) is 0 Å². The Balaban J connectivity index is 1.91. The van der Waals surface area contributed by atoms with Crippen LogP contribution in [0.15, 0.2) is 0 Å². The molecule has 0 saturated carbocycles. The average molecular weight is 154 g/mol. The molecule has 0 aliphatic carbocycles. The van der Waals surface area contributed by atoms with Crippen LogP contribution in [0.5, 0.6) is 0 Å². The summed E-state index contributed by atoms with van der Waals surface area (Å²) in [5, 5.41) is 3.30. The number of nitrogens with zero attached hydrogens (tertiary/aromatic N) is 1. The zero-order chi connectivity index (χ0) is 7.68. The first-order chi connectivity index (χ1) is 5.40. The zero-order valence-corrected chi connectivity index (χ0v) is 7.34. The molecule has 2 saturated heterocycles. The van der Waals surface area contributed by atoms with Crippen LogP contribution in [0.1, 0.15) is 12.8 Å². The molecule has 2 fully saturated rings. The minimum absolute atomic E-state index is 0.971. The van der Waals surface area contributed by atoms with E-state index in [2.05, 4.69) is 17.3 Å². The molecular formula is C9H18N2. The lowest BCUT2D eigenvalue weighted by atomic mass is 9.87. The fourth-order valence-corrected chi connectivity index (χ4v) is 2.57. The fourth-order valence-electron chi connectivity index (χ4n) is 2.57. The van der Waals surface area contributed by atoms with E-state index in [0.29, 0.717) is 0 Å². The molecule has 0 aromatic rings. The molecule has 64 valence electrons. The van der Waals surface area contributed by atoms with Crippen molar-refractivity contribution in [2.75, 3.05) is 33.2 Å². The quantitative estimate of drug-likeness (QED) is 0.625. The molecule has 2 aliphatic rings. The summed E-state index contributed by atoms with van der Waals surface area (Å²) in [6, 6.07) is 0. The second-order valence-electron chi connectivity index (χ2n) is 3.96. The van der Waals surface area contributed by atoms with Gasteiger partial charge < -0.3 is 10.2 Å². The van der Waals surface area contributed by atoms with Gasteiger partial charge in [-0.15, -0.1) is 0 Å². The molecule has 3 unspecified atom stereocenters. The molecule has 0 aromatic heterocycles. The number of rotatable bonds is 2. The Kier molecular flexibility index (Phi) is 2.14. The molecule has 2 heterocycles. The third-order valence-electron chi connectivity index (χ3n) is 3.26. The number of hydrogen-bond acceptors (Lipinski definition) is 2. The molecule has 1 N–H and O–H groups in total. The average Bonchev–Trinajstić information content (AvgIpc) is 2.40. The Morgan fingerprint density at radius 1 is 1.36 bits per heavy atom. The number of hydrogen-bond donors (Lipinski definition) is 1. The van der Waals surface area contributed by atoms with Crippen LogP contribution in [0.2, 0.25) is 0 Å². The zero-order valence-electron chi connectivity index (χ0n) is 7.34. The molecule has 0 spiro atoms. The monoisotopic (exact) mass is 154 g/mol. The molecule has 2 aliphatic heterocycles. The van der Waals surface area contributed by atoms with E-state index in [-0.39, 0.29) is 0 Å². The Morgan fingerprint density at radius 3 is 3.00 bits per heavy atom. The van der Waals surface area contributed by atoms with E-state index >= 15 is 0 Å². The Labute approximate surface area is 69.0 Å². The van der Waals surface area contributed by atoms with Gasteiger partial charge in [0.15, 0.2) is 0 Å². The molecule has 2 bridgehead atoms. The third-order valence-corrected chi connectivity index (χ3v) is 3.26. The largest absolute Gasteiger partial charge is 0.319 e. The smallest absolute Gasteiger partial charge is 0.00133 e. The van der Waals surface area contributed by atoms with Crippen molar-refractivity contribution >= 4 is 0 Å². The van der Waals surface area contributed by atoms with Crippen molar-refractivity contribution in [3.05, 3.63) is 0 Å². The molecule has 2 nitrogen and oxygen atoms in total. The Morgan fingerprint density at radius 2 is 2.18 bits per heavy atom. The first kappa shape index (κ1) is 7.56. The summed E-state index contributed by atoms with van der Waals surface area (Å²) in [6.07, 6.45) is 2.87. The minimum Gasteiger partial charge on any atom is -0.319 e. The van der Waals surface area contributed by atoms with Gasteiger partial charge in [0.05, 0.1) is 0 Å². The number of piperidine rings is 1. The highest BCUT2D eigenvalue weighted by molar-refractivity contribution is 4.87. The second kappa shape index (κ2) is 3.11. The van der Waals surface area contributed by atoms with Gasteiger partial charge in [0, 0.05) is 6.54 Å². The van der Waals surface area contributed by atoms with Crippen molar-refractivity contribution in [1.29, 1.82) is 0 Å². The minimum atomic E-state index is 0.971. The lowest BCUT2D eigenvalue weighted by molar-refractivity contribution is 0.201. The SMILES string of the molecule is CNCC1CCN2CCC1C2. The molecule has 0 radical (unpaired) electrons. The second-order valence-corrected chi connectivity index (χ2v) is 3.96. The van der Waals surface area contributed by atoms with E-state index in [4.69, 9.17) is 0 Å². The van der Waals surface area contributed by atoms with Crippen molar-refractivity contribution in [1.82, 2.24) is 10.2 Å². The fraction of sp³-hybridized carbons (Fsp3) is 1.00. The first-order valence-corrected chi connectivity index (χ1v) is 4.77. The normalized spacial score (nSPS) is 42.8. The van der Waals surface area contributed by atoms with Crippen LogP contribution in [0.3, 0.4) is 0 Å². The maximum atomic E-state index is 3.30. The Bertz CT molecular complexity index is 136. The van der Waals surface area contributed by atoms with E-state index in [1.54, 1.807) is 0 Å². The standard InChI is InChI=1S/C9H18N2/c1-10-6-8-2-4-11-5-3-9(8)7-11/h8-10H,2-7H2,1H3. The van der Waals surface area contributed by atoms with Gasteiger partial charge in [0.1, 0.15) is 0 Å². The van der Waals surface area contributed by atoms with Crippen molar-refractivity contribution in [3.63, 3.8) is 0 Å². The molecule has 0 amide bonds. The highest BCUT2D eigenvalue weighted by atomic mass is 15.2. The maximum absolute atomic E-state index is 3.30. The van der Waals surface area contributed by atoms with Crippen LogP contribution in [-0.2, 0) is 0 Å². The Hall–Kier alpha value is -0.0800.